The van der Waals surface area contributed by atoms with Crippen LogP contribution in [0.15, 0.2) is 40.9 Å². The molecule has 3 aromatic rings. The number of carbonyl (C=O) groups is 1. The molecule has 10 heteroatoms. The first-order valence-electron chi connectivity index (χ1n) is 8.82. The molecule has 0 aliphatic carbocycles. The predicted molar refractivity (Wildman–Crippen MR) is 116 cm³/mol. The van der Waals surface area contributed by atoms with Crippen molar-refractivity contribution in [1.82, 2.24) is 14.8 Å². The standard InChI is InChI=1S/C19H19ClN6OS2/c1-12(25(2)3)17-23-24-19(26(17)15-6-4-14(20)5-7-15)29-11-16(27)22-18-13(10-21)8-9-28-18/h4-9,12H,11H2,1-3H3,(H,22,27)/p+1. The van der Waals surface area contributed by atoms with E-state index < -0.39 is 0 Å². The van der Waals surface area contributed by atoms with E-state index in [0.717, 1.165) is 11.5 Å². The molecule has 0 saturated carbocycles. The van der Waals surface area contributed by atoms with Crippen LogP contribution in [0.5, 0.6) is 0 Å². The van der Waals surface area contributed by atoms with Crippen LogP contribution in [0.1, 0.15) is 24.4 Å². The summed E-state index contributed by atoms with van der Waals surface area (Å²) in [6, 6.07) is 11.3. The van der Waals surface area contributed by atoms with Crippen LogP contribution in [0.2, 0.25) is 5.02 Å². The number of hydrogen-bond acceptors (Lipinski definition) is 6. The molecular weight excluding hydrogens is 428 g/mol. The molecule has 29 heavy (non-hydrogen) atoms. The molecule has 1 amide bonds. The highest BCUT2D eigenvalue weighted by molar-refractivity contribution is 7.99. The molecule has 2 aromatic heterocycles. The molecule has 7 nitrogen and oxygen atoms in total. The summed E-state index contributed by atoms with van der Waals surface area (Å²) in [6.45, 7) is 2.08. The van der Waals surface area contributed by atoms with Gasteiger partial charge in [0.2, 0.25) is 5.91 Å². The van der Waals surface area contributed by atoms with E-state index in [-0.39, 0.29) is 17.7 Å². The molecule has 0 fully saturated rings. The molecule has 1 aromatic carbocycles. The second-order valence-corrected chi connectivity index (χ2v) is 8.86. The molecule has 0 aliphatic heterocycles. The highest BCUT2D eigenvalue weighted by Crippen LogP contribution is 2.26. The average Bonchev–Trinajstić information content (AvgIpc) is 3.32. The molecule has 3 rings (SSSR count). The van der Waals surface area contributed by atoms with Gasteiger partial charge in [0.15, 0.2) is 11.0 Å². The molecule has 150 valence electrons. The Bertz CT molecular complexity index is 1040. The lowest BCUT2D eigenvalue weighted by molar-refractivity contribution is -0.890. The van der Waals surface area contributed by atoms with Crippen molar-refractivity contribution < 1.29 is 9.69 Å². The summed E-state index contributed by atoms with van der Waals surface area (Å²) in [6.07, 6.45) is 0. The molecule has 0 radical (unpaired) electrons. The first kappa shape index (κ1) is 21.3. The monoisotopic (exact) mass is 447 g/mol. The zero-order valence-electron chi connectivity index (χ0n) is 16.1. The van der Waals surface area contributed by atoms with Crippen LogP contribution in [0.25, 0.3) is 5.69 Å². The van der Waals surface area contributed by atoms with Gasteiger partial charge in [-0.15, -0.1) is 21.5 Å². The molecule has 0 saturated heterocycles. The number of nitrogens with zero attached hydrogens (tertiary/aromatic N) is 4. The Morgan fingerprint density at radius 2 is 2.07 bits per heavy atom. The number of quaternary nitrogens is 1. The van der Waals surface area contributed by atoms with Gasteiger partial charge in [-0.2, -0.15) is 5.26 Å². The first-order chi connectivity index (χ1) is 13.9. The Morgan fingerprint density at radius 1 is 1.34 bits per heavy atom. The topological polar surface area (TPSA) is 88.0 Å². The second-order valence-electron chi connectivity index (χ2n) is 6.56. The van der Waals surface area contributed by atoms with Gasteiger partial charge in [-0.3, -0.25) is 9.36 Å². The molecular formula is C19H20ClN6OS2+. The summed E-state index contributed by atoms with van der Waals surface area (Å²) in [7, 11) is 4.11. The Kier molecular flexibility index (Phi) is 6.92. The zero-order chi connectivity index (χ0) is 21.0. The number of nitriles is 1. The summed E-state index contributed by atoms with van der Waals surface area (Å²) < 4.78 is 1.96. The smallest absolute Gasteiger partial charge is 0.235 e. The van der Waals surface area contributed by atoms with Crippen LogP contribution >= 0.6 is 34.7 Å². The number of hydrogen-bond donors (Lipinski definition) is 2. The lowest BCUT2D eigenvalue weighted by atomic mass is 10.2. The summed E-state index contributed by atoms with van der Waals surface area (Å²) in [5.41, 5.74) is 1.35. The first-order valence-corrected chi connectivity index (χ1v) is 11.1. The summed E-state index contributed by atoms with van der Waals surface area (Å²) in [5.74, 6) is 0.755. The van der Waals surface area contributed by atoms with Crippen molar-refractivity contribution in [3.05, 3.63) is 52.1 Å². The van der Waals surface area contributed by atoms with Crippen molar-refractivity contribution in [3.8, 4) is 11.8 Å². The number of thiophene rings is 1. The van der Waals surface area contributed by atoms with Crippen molar-refractivity contribution in [2.75, 3.05) is 25.2 Å². The fourth-order valence-electron chi connectivity index (χ4n) is 2.53. The molecule has 0 bridgehead atoms. The third kappa shape index (κ3) is 4.97. The van der Waals surface area contributed by atoms with Crippen LogP contribution in [-0.2, 0) is 4.79 Å². The fourth-order valence-corrected chi connectivity index (χ4v) is 4.17. The number of carbonyl (C=O) groups excluding carboxylic acids is 1. The minimum Gasteiger partial charge on any atom is -0.331 e. The van der Waals surface area contributed by atoms with Crippen LogP contribution in [0.3, 0.4) is 0 Å². The number of thioether (sulfide) groups is 1. The largest absolute Gasteiger partial charge is 0.331 e. The van der Waals surface area contributed by atoms with E-state index in [4.69, 9.17) is 16.9 Å². The van der Waals surface area contributed by atoms with Gasteiger partial charge in [-0.25, -0.2) is 0 Å². The lowest BCUT2D eigenvalue weighted by Crippen LogP contribution is -3.05. The summed E-state index contributed by atoms with van der Waals surface area (Å²) in [4.78, 5) is 13.6. The zero-order valence-corrected chi connectivity index (χ0v) is 18.5. The number of rotatable bonds is 7. The van der Waals surface area contributed by atoms with Crippen molar-refractivity contribution in [3.63, 3.8) is 0 Å². The van der Waals surface area contributed by atoms with Gasteiger partial charge < -0.3 is 10.2 Å². The van der Waals surface area contributed by atoms with Crippen LogP contribution in [0.4, 0.5) is 5.00 Å². The fraction of sp³-hybridized carbons (Fsp3) is 0.263. The molecule has 2 N–H and O–H groups in total. The van der Waals surface area contributed by atoms with E-state index in [1.165, 1.54) is 28.0 Å². The highest BCUT2D eigenvalue weighted by atomic mass is 35.5. The third-order valence-corrected chi connectivity index (χ3v) is 6.38. The molecule has 1 atom stereocenters. The number of anilines is 1. The normalized spacial score (nSPS) is 12.0. The van der Waals surface area contributed by atoms with Crippen molar-refractivity contribution >= 4 is 45.6 Å². The Hall–Kier alpha value is -2.38. The lowest BCUT2D eigenvalue weighted by Gasteiger charge is -2.18. The number of aromatic nitrogens is 3. The van der Waals surface area contributed by atoms with Gasteiger partial charge in [-0.1, -0.05) is 23.4 Å². The molecule has 0 spiro atoms. The minimum absolute atomic E-state index is 0.102. The summed E-state index contributed by atoms with van der Waals surface area (Å²) in [5, 5.41) is 24.2. The number of halogens is 1. The van der Waals surface area contributed by atoms with E-state index in [0.29, 0.717) is 20.7 Å². The number of nitrogens with one attached hydrogen (secondary N) is 2. The molecule has 2 heterocycles. The minimum atomic E-state index is -0.201. The van der Waals surface area contributed by atoms with Crippen molar-refractivity contribution in [2.24, 2.45) is 0 Å². The Labute approximate surface area is 182 Å². The maximum absolute atomic E-state index is 12.4. The maximum Gasteiger partial charge on any atom is 0.235 e. The predicted octanol–water partition coefficient (Wildman–Crippen LogP) is 2.79. The molecule has 0 aliphatic rings. The number of benzene rings is 1. The van der Waals surface area contributed by atoms with Gasteiger partial charge in [0.25, 0.3) is 0 Å². The maximum atomic E-state index is 12.4. The van der Waals surface area contributed by atoms with Gasteiger partial charge >= 0.3 is 0 Å². The second kappa shape index (κ2) is 9.41. The van der Waals surface area contributed by atoms with E-state index in [1.54, 1.807) is 11.4 Å². The van der Waals surface area contributed by atoms with Crippen molar-refractivity contribution in [2.45, 2.75) is 18.1 Å². The third-order valence-electron chi connectivity index (χ3n) is 4.37. The van der Waals surface area contributed by atoms with Crippen LogP contribution < -0.4 is 10.2 Å². The van der Waals surface area contributed by atoms with E-state index >= 15 is 0 Å². The summed E-state index contributed by atoms with van der Waals surface area (Å²) >= 11 is 8.66. The quantitative estimate of drug-likeness (QED) is 0.544. The van der Waals surface area contributed by atoms with Gasteiger partial charge in [0.1, 0.15) is 17.1 Å². The van der Waals surface area contributed by atoms with Crippen LogP contribution in [0, 0.1) is 11.3 Å². The van der Waals surface area contributed by atoms with Gasteiger partial charge in [0.05, 0.1) is 25.4 Å². The SMILES string of the molecule is CC(c1nnc(SCC(=O)Nc2sccc2C#N)n1-c1ccc(Cl)cc1)[NH+](C)C. The average molecular weight is 448 g/mol. The Balaban J connectivity index is 1.82. The number of amides is 1. The van der Waals surface area contributed by atoms with Crippen molar-refractivity contribution in [1.29, 1.82) is 5.26 Å². The van der Waals surface area contributed by atoms with E-state index in [1.807, 2.05) is 28.8 Å². The van der Waals surface area contributed by atoms with Gasteiger partial charge in [0, 0.05) is 10.7 Å². The van der Waals surface area contributed by atoms with Crippen LogP contribution in [-0.4, -0.2) is 40.5 Å². The van der Waals surface area contributed by atoms with Gasteiger partial charge in [-0.05, 0) is 42.6 Å². The highest BCUT2D eigenvalue weighted by Gasteiger charge is 2.24. The molecule has 1 unspecified atom stereocenters. The Morgan fingerprint density at radius 3 is 2.72 bits per heavy atom. The van der Waals surface area contributed by atoms with E-state index in [2.05, 4.69) is 42.6 Å². The van der Waals surface area contributed by atoms with E-state index in [9.17, 15) is 4.79 Å².